The van der Waals surface area contributed by atoms with E-state index in [2.05, 4.69) is 5.32 Å². The highest BCUT2D eigenvalue weighted by Crippen LogP contribution is 2.38. The number of fused-ring (bicyclic) bond motifs is 1. The van der Waals surface area contributed by atoms with Gasteiger partial charge in [0.05, 0.1) is 26.7 Å². The number of rotatable bonds is 6. The Balaban J connectivity index is 1.83. The van der Waals surface area contributed by atoms with E-state index < -0.39 is 5.91 Å². The SMILES string of the molecule is COc1cc(CNC(=O)c2cc(=O)c3cc(Cl)ccc3o2)cc(OC)c1OC. The van der Waals surface area contributed by atoms with Gasteiger partial charge in [-0.25, -0.2) is 0 Å². The molecule has 1 aromatic heterocycles. The van der Waals surface area contributed by atoms with Crippen molar-refractivity contribution in [3.8, 4) is 17.2 Å². The third kappa shape index (κ3) is 3.89. The topological polar surface area (TPSA) is 87.0 Å². The number of methoxy groups -OCH3 is 3. The summed E-state index contributed by atoms with van der Waals surface area (Å²) in [5.74, 6) is 0.787. The molecule has 0 unspecified atom stereocenters. The van der Waals surface area contributed by atoms with E-state index in [0.29, 0.717) is 27.7 Å². The highest BCUT2D eigenvalue weighted by molar-refractivity contribution is 6.31. The molecule has 0 saturated heterocycles. The van der Waals surface area contributed by atoms with E-state index >= 15 is 0 Å². The first-order valence-corrected chi connectivity index (χ1v) is 8.65. The van der Waals surface area contributed by atoms with Gasteiger partial charge in [-0.15, -0.1) is 0 Å². The first-order valence-electron chi connectivity index (χ1n) is 8.27. The third-order valence-electron chi connectivity index (χ3n) is 4.09. The number of carbonyl (C=O) groups is 1. The summed E-state index contributed by atoms with van der Waals surface area (Å²) in [6.45, 7) is 0.165. The van der Waals surface area contributed by atoms with E-state index in [0.717, 1.165) is 11.6 Å². The maximum Gasteiger partial charge on any atom is 0.287 e. The summed E-state index contributed by atoms with van der Waals surface area (Å²) in [6.07, 6.45) is 0. The fraction of sp³-hybridized carbons (Fsp3) is 0.200. The number of hydrogen-bond acceptors (Lipinski definition) is 6. The van der Waals surface area contributed by atoms with Crippen LogP contribution in [0.5, 0.6) is 17.2 Å². The molecule has 0 atom stereocenters. The molecule has 3 aromatic rings. The molecule has 0 aliphatic rings. The fourth-order valence-corrected chi connectivity index (χ4v) is 2.92. The van der Waals surface area contributed by atoms with Gasteiger partial charge >= 0.3 is 0 Å². The minimum atomic E-state index is -0.525. The van der Waals surface area contributed by atoms with Crippen molar-refractivity contribution in [2.24, 2.45) is 0 Å². The van der Waals surface area contributed by atoms with Crippen LogP contribution in [0.15, 0.2) is 45.6 Å². The second-order valence-corrected chi connectivity index (χ2v) is 6.27. The highest BCUT2D eigenvalue weighted by atomic mass is 35.5. The average Bonchev–Trinajstić information content (AvgIpc) is 2.71. The molecule has 0 saturated carbocycles. The fourth-order valence-electron chi connectivity index (χ4n) is 2.75. The predicted octanol–water partition coefficient (Wildman–Crippen LogP) is 3.40. The molecule has 0 spiro atoms. The summed E-state index contributed by atoms with van der Waals surface area (Å²) in [6, 6.07) is 9.23. The van der Waals surface area contributed by atoms with E-state index in [4.69, 9.17) is 30.2 Å². The van der Waals surface area contributed by atoms with Crippen molar-refractivity contribution in [1.82, 2.24) is 5.32 Å². The van der Waals surface area contributed by atoms with Crippen LogP contribution in [0.3, 0.4) is 0 Å². The smallest absolute Gasteiger partial charge is 0.287 e. The maximum atomic E-state index is 12.5. The van der Waals surface area contributed by atoms with Gasteiger partial charge in [-0.05, 0) is 35.9 Å². The summed E-state index contributed by atoms with van der Waals surface area (Å²) in [7, 11) is 4.53. The second-order valence-electron chi connectivity index (χ2n) is 5.83. The molecule has 1 N–H and O–H groups in total. The molecule has 3 rings (SSSR count). The lowest BCUT2D eigenvalue weighted by Gasteiger charge is -2.14. The van der Waals surface area contributed by atoms with Gasteiger partial charge in [-0.1, -0.05) is 11.6 Å². The Morgan fingerprint density at radius 2 is 1.71 bits per heavy atom. The minimum Gasteiger partial charge on any atom is -0.493 e. The summed E-state index contributed by atoms with van der Waals surface area (Å²) in [5, 5.41) is 3.44. The number of benzene rings is 2. The van der Waals surface area contributed by atoms with Gasteiger partial charge in [-0.3, -0.25) is 9.59 Å². The van der Waals surface area contributed by atoms with Gasteiger partial charge in [-0.2, -0.15) is 0 Å². The van der Waals surface area contributed by atoms with Gasteiger partial charge in [0.25, 0.3) is 5.91 Å². The molecule has 2 aromatic carbocycles. The van der Waals surface area contributed by atoms with Crippen LogP contribution in [0, 0.1) is 0 Å². The van der Waals surface area contributed by atoms with Gasteiger partial charge in [0.1, 0.15) is 5.58 Å². The summed E-state index contributed by atoms with van der Waals surface area (Å²) < 4.78 is 21.4. The van der Waals surface area contributed by atoms with Crippen LogP contribution in [-0.2, 0) is 6.54 Å². The van der Waals surface area contributed by atoms with E-state index in [1.807, 2.05) is 0 Å². The molecule has 1 amide bonds. The van der Waals surface area contributed by atoms with Gasteiger partial charge in [0.15, 0.2) is 22.7 Å². The van der Waals surface area contributed by atoms with Crippen LogP contribution in [0.2, 0.25) is 5.02 Å². The summed E-state index contributed by atoms with van der Waals surface area (Å²) >= 11 is 5.89. The van der Waals surface area contributed by atoms with Crippen molar-refractivity contribution >= 4 is 28.5 Å². The Labute approximate surface area is 165 Å². The maximum absolute atomic E-state index is 12.5. The largest absolute Gasteiger partial charge is 0.493 e. The number of carbonyl (C=O) groups excluding carboxylic acids is 1. The van der Waals surface area contributed by atoms with E-state index in [-0.39, 0.29) is 23.3 Å². The lowest BCUT2D eigenvalue weighted by atomic mass is 10.1. The molecule has 0 fully saturated rings. The Bertz CT molecular complexity index is 1070. The van der Waals surface area contributed by atoms with Gasteiger partial charge in [0.2, 0.25) is 5.75 Å². The summed E-state index contributed by atoms with van der Waals surface area (Å²) in [5.41, 5.74) is 0.661. The molecule has 0 aliphatic heterocycles. The van der Waals surface area contributed by atoms with Crippen molar-refractivity contribution in [2.45, 2.75) is 6.54 Å². The normalized spacial score (nSPS) is 10.6. The minimum absolute atomic E-state index is 0.0905. The van der Waals surface area contributed by atoms with Crippen LogP contribution < -0.4 is 25.0 Å². The number of hydrogen-bond donors (Lipinski definition) is 1. The van der Waals surface area contributed by atoms with Crippen LogP contribution in [0.25, 0.3) is 11.0 Å². The lowest BCUT2D eigenvalue weighted by molar-refractivity contribution is 0.0923. The van der Waals surface area contributed by atoms with Crippen molar-refractivity contribution in [2.75, 3.05) is 21.3 Å². The second kappa shape index (κ2) is 8.22. The van der Waals surface area contributed by atoms with Crippen LogP contribution >= 0.6 is 11.6 Å². The van der Waals surface area contributed by atoms with Gasteiger partial charge < -0.3 is 23.9 Å². The first kappa shape index (κ1) is 19.6. The Hall–Kier alpha value is -3.19. The number of nitrogens with one attached hydrogen (secondary N) is 1. The van der Waals surface area contributed by atoms with Crippen LogP contribution in [-0.4, -0.2) is 27.2 Å². The van der Waals surface area contributed by atoms with E-state index in [1.54, 1.807) is 24.3 Å². The van der Waals surface area contributed by atoms with Crippen molar-refractivity contribution in [3.05, 3.63) is 63.0 Å². The lowest BCUT2D eigenvalue weighted by Crippen LogP contribution is -2.24. The third-order valence-corrected chi connectivity index (χ3v) is 4.33. The molecule has 0 bridgehead atoms. The molecule has 28 heavy (non-hydrogen) atoms. The van der Waals surface area contributed by atoms with E-state index in [1.165, 1.54) is 27.4 Å². The zero-order valence-electron chi connectivity index (χ0n) is 15.5. The van der Waals surface area contributed by atoms with Crippen LogP contribution in [0.1, 0.15) is 16.1 Å². The Morgan fingerprint density at radius 1 is 1.04 bits per heavy atom. The molecule has 146 valence electrons. The Morgan fingerprint density at radius 3 is 2.32 bits per heavy atom. The molecular weight excluding hydrogens is 386 g/mol. The zero-order valence-corrected chi connectivity index (χ0v) is 16.3. The van der Waals surface area contributed by atoms with E-state index in [9.17, 15) is 9.59 Å². The molecule has 0 aliphatic carbocycles. The summed E-state index contributed by atoms with van der Waals surface area (Å²) in [4.78, 5) is 24.7. The van der Waals surface area contributed by atoms with Crippen molar-refractivity contribution in [1.29, 1.82) is 0 Å². The zero-order chi connectivity index (χ0) is 20.3. The number of amides is 1. The highest BCUT2D eigenvalue weighted by Gasteiger charge is 2.16. The van der Waals surface area contributed by atoms with Gasteiger partial charge in [0, 0.05) is 17.6 Å². The average molecular weight is 404 g/mol. The standard InChI is InChI=1S/C20H18ClNO6/c1-25-16-6-11(7-17(26-2)19(16)27-3)10-22-20(24)18-9-14(23)13-8-12(21)4-5-15(13)28-18/h4-9H,10H2,1-3H3,(H,22,24). The van der Waals surface area contributed by atoms with Crippen molar-refractivity contribution in [3.63, 3.8) is 0 Å². The molecule has 8 heteroatoms. The molecular formula is C20H18ClNO6. The van der Waals surface area contributed by atoms with Crippen molar-refractivity contribution < 1.29 is 23.4 Å². The number of ether oxygens (including phenoxy) is 3. The Kier molecular flexibility index (Phi) is 5.75. The molecule has 0 radical (unpaired) electrons. The molecule has 1 heterocycles. The monoisotopic (exact) mass is 403 g/mol. The predicted molar refractivity (Wildman–Crippen MR) is 105 cm³/mol. The quantitative estimate of drug-likeness (QED) is 0.678. The van der Waals surface area contributed by atoms with Crippen LogP contribution in [0.4, 0.5) is 0 Å². The first-order chi connectivity index (χ1) is 13.5. The molecule has 7 nitrogen and oxygen atoms in total. The number of halogens is 1.